The lowest BCUT2D eigenvalue weighted by molar-refractivity contribution is -0.139. The molecule has 0 N–H and O–H groups in total. The van der Waals surface area contributed by atoms with Gasteiger partial charge < -0.3 is 14.4 Å². The number of methoxy groups -OCH3 is 1. The SMILES string of the molecule is C=C(OC)c1cnn2cc(OC3CN(C(=O)CC)C3)ccc12. The number of amides is 1. The molecule has 0 atom stereocenters. The van der Waals surface area contributed by atoms with Crippen LogP contribution in [0.3, 0.4) is 0 Å². The van der Waals surface area contributed by atoms with Crippen LogP contribution in [0.5, 0.6) is 5.75 Å². The lowest BCUT2D eigenvalue weighted by Gasteiger charge is -2.38. The molecular weight excluding hydrogens is 282 g/mol. The minimum Gasteiger partial charge on any atom is -0.497 e. The molecular formula is C16H19N3O3. The van der Waals surface area contributed by atoms with E-state index in [0.29, 0.717) is 25.3 Å². The van der Waals surface area contributed by atoms with Crippen molar-refractivity contribution < 1.29 is 14.3 Å². The van der Waals surface area contributed by atoms with Crippen molar-refractivity contribution in [2.24, 2.45) is 0 Å². The van der Waals surface area contributed by atoms with Crippen LogP contribution in [0.4, 0.5) is 0 Å². The Bertz CT molecular complexity index is 716. The summed E-state index contributed by atoms with van der Waals surface area (Å²) < 4.78 is 12.8. The maximum absolute atomic E-state index is 11.5. The fourth-order valence-electron chi connectivity index (χ4n) is 2.49. The van der Waals surface area contributed by atoms with Crippen LogP contribution < -0.4 is 4.74 Å². The van der Waals surface area contributed by atoms with Crippen LogP contribution in [0.15, 0.2) is 31.1 Å². The monoisotopic (exact) mass is 301 g/mol. The molecule has 0 saturated carbocycles. The van der Waals surface area contributed by atoms with E-state index < -0.39 is 0 Å². The molecule has 1 amide bonds. The van der Waals surface area contributed by atoms with Gasteiger partial charge in [-0.2, -0.15) is 5.10 Å². The van der Waals surface area contributed by atoms with Crippen molar-refractivity contribution in [2.75, 3.05) is 20.2 Å². The van der Waals surface area contributed by atoms with E-state index in [2.05, 4.69) is 11.7 Å². The van der Waals surface area contributed by atoms with Crippen molar-refractivity contribution in [3.05, 3.63) is 36.7 Å². The Morgan fingerprint density at radius 2 is 2.23 bits per heavy atom. The lowest BCUT2D eigenvalue weighted by Crippen LogP contribution is -2.56. The molecule has 3 rings (SSSR count). The number of carbonyl (C=O) groups excluding carboxylic acids is 1. The predicted octanol–water partition coefficient (Wildman–Crippen LogP) is 1.95. The second-order valence-electron chi connectivity index (χ2n) is 5.27. The van der Waals surface area contributed by atoms with Gasteiger partial charge in [0.25, 0.3) is 0 Å². The van der Waals surface area contributed by atoms with Crippen molar-refractivity contribution in [1.82, 2.24) is 14.5 Å². The molecule has 1 aliphatic rings. The number of ether oxygens (including phenoxy) is 2. The number of pyridine rings is 1. The van der Waals surface area contributed by atoms with Gasteiger partial charge in [0.2, 0.25) is 5.91 Å². The summed E-state index contributed by atoms with van der Waals surface area (Å²) in [6.45, 7) is 7.01. The molecule has 3 heterocycles. The Morgan fingerprint density at radius 3 is 2.91 bits per heavy atom. The van der Waals surface area contributed by atoms with Crippen LogP contribution in [0, 0.1) is 0 Å². The average molecular weight is 301 g/mol. The summed E-state index contributed by atoms with van der Waals surface area (Å²) in [4.78, 5) is 13.3. The van der Waals surface area contributed by atoms with Gasteiger partial charge in [0.1, 0.15) is 17.6 Å². The van der Waals surface area contributed by atoms with Crippen molar-refractivity contribution in [2.45, 2.75) is 19.4 Å². The number of nitrogens with zero attached hydrogens (tertiary/aromatic N) is 3. The second kappa shape index (κ2) is 5.71. The van der Waals surface area contributed by atoms with E-state index in [-0.39, 0.29) is 12.0 Å². The van der Waals surface area contributed by atoms with Gasteiger partial charge in [-0.05, 0) is 12.1 Å². The van der Waals surface area contributed by atoms with Crippen LogP contribution in [0.1, 0.15) is 18.9 Å². The Hall–Kier alpha value is -2.50. The highest BCUT2D eigenvalue weighted by Crippen LogP contribution is 2.23. The number of fused-ring (bicyclic) bond motifs is 1. The van der Waals surface area contributed by atoms with Crippen molar-refractivity contribution in [3.63, 3.8) is 0 Å². The van der Waals surface area contributed by atoms with E-state index in [4.69, 9.17) is 9.47 Å². The van der Waals surface area contributed by atoms with E-state index in [1.54, 1.807) is 22.7 Å². The van der Waals surface area contributed by atoms with Crippen LogP contribution in [-0.4, -0.2) is 46.7 Å². The molecule has 6 nitrogen and oxygen atoms in total. The number of likely N-dealkylation sites (tertiary alicyclic amines) is 1. The first kappa shape index (κ1) is 14.4. The number of carbonyl (C=O) groups is 1. The molecule has 0 spiro atoms. The molecule has 1 saturated heterocycles. The average Bonchev–Trinajstić information content (AvgIpc) is 2.92. The van der Waals surface area contributed by atoms with Gasteiger partial charge in [0.05, 0.1) is 43.7 Å². The topological polar surface area (TPSA) is 56.1 Å². The zero-order chi connectivity index (χ0) is 15.7. The zero-order valence-electron chi connectivity index (χ0n) is 12.8. The molecule has 6 heteroatoms. The summed E-state index contributed by atoms with van der Waals surface area (Å²) in [5.74, 6) is 1.49. The third-order valence-corrected chi connectivity index (χ3v) is 3.84. The van der Waals surface area contributed by atoms with Gasteiger partial charge in [-0.1, -0.05) is 13.5 Å². The molecule has 116 valence electrons. The second-order valence-corrected chi connectivity index (χ2v) is 5.27. The lowest BCUT2D eigenvalue weighted by atomic mass is 10.1. The normalized spacial score (nSPS) is 14.7. The first-order valence-electron chi connectivity index (χ1n) is 7.27. The Morgan fingerprint density at radius 1 is 1.45 bits per heavy atom. The maximum atomic E-state index is 11.5. The van der Waals surface area contributed by atoms with Crippen molar-refractivity contribution in [1.29, 1.82) is 0 Å². The molecule has 1 fully saturated rings. The minimum atomic E-state index is 0.0527. The number of aromatic nitrogens is 2. The fourth-order valence-corrected chi connectivity index (χ4v) is 2.49. The number of rotatable bonds is 5. The zero-order valence-corrected chi connectivity index (χ0v) is 12.8. The van der Waals surface area contributed by atoms with Gasteiger partial charge in [0, 0.05) is 6.42 Å². The highest BCUT2D eigenvalue weighted by atomic mass is 16.5. The molecule has 0 unspecified atom stereocenters. The standard InChI is InChI=1S/C16H19N3O3/c1-4-16(20)18-8-13(9-18)22-12-5-6-15-14(11(2)21-3)7-17-19(15)10-12/h5-7,10,13H,2,4,8-9H2,1,3H3. The van der Waals surface area contributed by atoms with E-state index in [9.17, 15) is 4.79 Å². The fraction of sp³-hybridized carbons (Fsp3) is 0.375. The predicted molar refractivity (Wildman–Crippen MR) is 82.5 cm³/mol. The first-order chi connectivity index (χ1) is 10.6. The molecule has 0 bridgehead atoms. The van der Waals surface area contributed by atoms with Gasteiger partial charge in [-0.15, -0.1) is 0 Å². The molecule has 22 heavy (non-hydrogen) atoms. The van der Waals surface area contributed by atoms with Gasteiger partial charge >= 0.3 is 0 Å². The minimum absolute atomic E-state index is 0.0527. The third-order valence-electron chi connectivity index (χ3n) is 3.84. The summed E-state index contributed by atoms with van der Waals surface area (Å²) in [5.41, 5.74) is 1.77. The van der Waals surface area contributed by atoms with Gasteiger partial charge in [-0.25, -0.2) is 4.52 Å². The van der Waals surface area contributed by atoms with Crippen LogP contribution in [-0.2, 0) is 9.53 Å². The highest BCUT2D eigenvalue weighted by molar-refractivity contribution is 5.76. The summed E-state index contributed by atoms with van der Waals surface area (Å²) in [6.07, 6.45) is 4.14. The quantitative estimate of drug-likeness (QED) is 0.792. The Kier molecular flexibility index (Phi) is 3.75. The highest BCUT2D eigenvalue weighted by Gasteiger charge is 2.31. The largest absolute Gasteiger partial charge is 0.497 e. The molecule has 2 aromatic heterocycles. The van der Waals surface area contributed by atoms with Crippen LogP contribution in [0.2, 0.25) is 0 Å². The summed E-state index contributed by atoms with van der Waals surface area (Å²) in [5, 5.41) is 4.29. The number of hydrogen-bond acceptors (Lipinski definition) is 4. The molecule has 0 aromatic carbocycles. The summed E-state index contributed by atoms with van der Waals surface area (Å²) in [7, 11) is 1.59. The van der Waals surface area contributed by atoms with Gasteiger partial charge in [-0.3, -0.25) is 4.79 Å². The maximum Gasteiger partial charge on any atom is 0.222 e. The Balaban J connectivity index is 1.69. The van der Waals surface area contributed by atoms with E-state index in [1.807, 2.05) is 25.3 Å². The van der Waals surface area contributed by atoms with Gasteiger partial charge in [0.15, 0.2) is 0 Å². The van der Waals surface area contributed by atoms with Crippen molar-refractivity contribution >= 4 is 17.2 Å². The molecule has 1 aliphatic heterocycles. The van der Waals surface area contributed by atoms with E-state index >= 15 is 0 Å². The van der Waals surface area contributed by atoms with Crippen LogP contribution in [0.25, 0.3) is 11.3 Å². The molecule has 2 aromatic rings. The first-order valence-corrected chi connectivity index (χ1v) is 7.27. The smallest absolute Gasteiger partial charge is 0.222 e. The van der Waals surface area contributed by atoms with E-state index in [0.717, 1.165) is 16.8 Å². The Labute approximate surface area is 128 Å². The summed E-state index contributed by atoms with van der Waals surface area (Å²) in [6, 6.07) is 3.82. The summed E-state index contributed by atoms with van der Waals surface area (Å²) >= 11 is 0. The van der Waals surface area contributed by atoms with Crippen LogP contribution >= 0.6 is 0 Å². The molecule has 0 aliphatic carbocycles. The molecule has 0 radical (unpaired) electrons. The van der Waals surface area contributed by atoms with Crippen molar-refractivity contribution in [3.8, 4) is 5.75 Å². The van der Waals surface area contributed by atoms with E-state index in [1.165, 1.54) is 0 Å². The third kappa shape index (κ3) is 2.52. The number of hydrogen-bond donors (Lipinski definition) is 0.